The third-order valence-corrected chi connectivity index (χ3v) is 2.85. The molecule has 0 saturated heterocycles. The van der Waals surface area contributed by atoms with Gasteiger partial charge in [0.2, 0.25) is 0 Å². The Bertz CT molecular complexity index is 550. The Morgan fingerprint density at radius 1 is 1.00 bits per heavy atom. The topological polar surface area (TPSA) is 0 Å². The number of rotatable bonds is 0. The van der Waals surface area contributed by atoms with Crippen LogP contribution in [-0.4, -0.2) is 0 Å². The average molecular weight is 333 g/mol. The Morgan fingerprint density at radius 2 is 1.67 bits per heavy atom. The molecule has 18 heavy (non-hydrogen) atoms. The van der Waals surface area contributed by atoms with Gasteiger partial charge in [0.25, 0.3) is 0 Å². The summed E-state index contributed by atoms with van der Waals surface area (Å²) in [5.41, 5.74) is 6.78. The number of halogens is 3. The van der Waals surface area contributed by atoms with Crippen molar-refractivity contribution in [1.82, 2.24) is 0 Å². The number of fused-ring (bicyclic) bond motifs is 3. The van der Waals surface area contributed by atoms with E-state index in [1.807, 2.05) is 0 Å². The molecule has 0 heterocycles. The second-order valence-electron chi connectivity index (χ2n) is 4.08. The molecule has 0 nitrogen and oxygen atoms in total. The van der Waals surface area contributed by atoms with Crippen molar-refractivity contribution in [2.24, 2.45) is 0 Å². The molecule has 0 aliphatic heterocycles. The first-order chi connectivity index (χ1) is 8.58. The van der Waals surface area contributed by atoms with Crippen molar-refractivity contribution in [2.75, 3.05) is 0 Å². The summed E-state index contributed by atoms with van der Waals surface area (Å²) >= 11 is -1.92. The molecule has 2 aromatic carbocycles. The van der Waals surface area contributed by atoms with Gasteiger partial charge in [-0.2, -0.15) is 23.8 Å². The standard InChI is InChI=1S/C14H11.3ClH.Ti/c1-10-6-7-14-12(8-10)9-11-4-2-3-5-13(11)14;;;;/h2-7H,9H2,1H3;3*1H;/q-1;;;;+4/p-3. The molecule has 4 heteroatoms. The van der Waals surface area contributed by atoms with Gasteiger partial charge in [-0.15, -0.1) is 11.1 Å². The van der Waals surface area contributed by atoms with E-state index in [4.69, 9.17) is 27.9 Å². The molecule has 1 aliphatic rings. The van der Waals surface area contributed by atoms with Gasteiger partial charge in [-0.3, -0.25) is 0 Å². The monoisotopic (exact) mass is 332 g/mol. The Labute approximate surface area is 125 Å². The summed E-state index contributed by atoms with van der Waals surface area (Å²) < 4.78 is 0. The van der Waals surface area contributed by atoms with Crippen LogP contribution < -0.4 is 0 Å². The number of hydrogen-bond donors (Lipinski definition) is 0. The van der Waals surface area contributed by atoms with E-state index in [9.17, 15) is 0 Å². The first-order valence-corrected chi connectivity index (χ1v) is 12.0. The van der Waals surface area contributed by atoms with E-state index in [-0.39, 0.29) is 0 Å². The summed E-state index contributed by atoms with van der Waals surface area (Å²) in [7, 11) is 14.9. The molecule has 0 radical (unpaired) electrons. The number of benzene rings is 2. The number of aryl methyl sites for hydroxylation is 1. The zero-order valence-corrected chi connectivity index (χ0v) is 13.6. The fourth-order valence-corrected chi connectivity index (χ4v) is 2.18. The fourth-order valence-electron chi connectivity index (χ4n) is 2.18. The summed E-state index contributed by atoms with van der Waals surface area (Å²) in [6, 6.07) is 16.4. The van der Waals surface area contributed by atoms with Gasteiger partial charge in [0.15, 0.2) is 0 Å². The van der Waals surface area contributed by atoms with Crippen LogP contribution in [-0.2, 0) is 21.1 Å². The molecule has 92 valence electrons. The molecule has 1 aliphatic carbocycles. The van der Waals surface area contributed by atoms with Crippen LogP contribution in [0.1, 0.15) is 16.7 Å². The van der Waals surface area contributed by atoms with Crippen LogP contribution in [0.25, 0.3) is 11.1 Å². The molecule has 0 N–H and O–H groups in total. The maximum absolute atomic E-state index is 4.97. The van der Waals surface area contributed by atoms with Gasteiger partial charge < -0.3 is 0 Å². The van der Waals surface area contributed by atoms with E-state index in [0.29, 0.717) is 0 Å². The average Bonchev–Trinajstić information content (AvgIpc) is 2.65. The van der Waals surface area contributed by atoms with E-state index in [1.54, 1.807) is 0 Å². The molecule has 0 amide bonds. The molecule has 0 aromatic heterocycles. The van der Waals surface area contributed by atoms with Crippen molar-refractivity contribution in [3.63, 3.8) is 0 Å². The van der Waals surface area contributed by atoms with Crippen molar-refractivity contribution in [2.45, 2.75) is 13.3 Å². The number of hydrogen-bond acceptors (Lipinski definition) is 0. The van der Waals surface area contributed by atoms with Crippen LogP contribution >= 0.6 is 27.9 Å². The van der Waals surface area contributed by atoms with E-state index >= 15 is 0 Å². The van der Waals surface area contributed by atoms with Crippen molar-refractivity contribution in [1.29, 1.82) is 0 Å². The third kappa shape index (κ3) is 3.53. The van der Waals surface area contributed by atoms with Crippen LogP contribution in [0.3, 0.4) is 0 Å². The molecular weight excluding hydrogens is 322 g/mol. The molecule has 0 spiro atoms. The zero-order chi connectivity index (χ0) is 13.1. The van der Waals surface area contributed by atoms with Crippen LogP contribution in [0, 0.1) is 13.0 Å². The Kier molecular flexibility index (Phi) is 5.18. The summed E-state index contributed by atoms with van der Waals surface area (Å²) in [5, 5.41) is 0. The van der Waals surface area contributed by atoms with Crippen LogP contribution in [0.5, 0.6) is 0 Å². The van der Waals surface area contributed by atoms with Gasteiger partial charge in [-0.1, -0.05) is 42.3 Å². The maximum atomic E-state index is 4.97. The molecule has 0 atom stereocenters. The molecule has 0 unspecified atom stereocenters. The normalized spacial score (nSPS) is 11.1. The Hall–Kier alpha value is 0.0243. The SMILES string of the molecule is Cc1[c-]c2c(cc1)-c1ccccc1C2.[Cl][Ti+]([Cl])[Cl]. The van der Waals surface area contributed by atoms with Gasteiger partial charge >= 0.3 is 42.6 Å². The molecule has 2 aromatic rings. The molecular formula is C14H11Cl3Ti. The van der Waals surface area contributed by atoms with Crippen molar-refractivity contribution in [3.05, 3.63) is 59.2 Å². The van der Waals surface area contributed by atoms with E-state index in [0.717, 1.165) is 6.42 Å². The quantitative estimate of drug-likeness (QED) is 0.380. The van der Waals surface area contributed by atoms with Crippen molar-refractivity contribution < 1.29 is 14.7 Å². The Balaban J connectivity index is 0.000000267. The predicted molar refractivity (Wildman–Crippen MR) is 75.8 cm³/mol. The van der Waals surface area contributed by atoms with E-state index < -0.39 is 14.7 Å². The van der Waals surface area contributed by atoms with Crippen LogP contribution in [0.2, 0.25) is 0 Å². The van der Waals surface area contributed by atoms with E-state index in [2.05, 4.69) is 49.4 Å². The van der Waals surface area contributed by atoms with Crippen molar-refractivity contribution in [3.8, 4) is 11.1 Å². The molecule has 3 rings (SSSR count). The molecule has 0 bridgehead atoms. The summed E-state index contributed by atoms with van der Waals surface area (Å²) in [5.74, 6) is 0. The second kappa shape index (κ2) is 6.45. The fraction of sp³-hybridized carbons (Fsp3) is 0.143. The van der Waals surface area contributed by atoms with E-state index in [1.165, 1.54) is 27.8 Å². The van der Waals surface area contributed by atoms with Crippen LogP contribution in [0.15, 0.2) is 36.4 Å². The minimum absolute atomic E-state index is 1.05. The van der Waals surface area contributed by atoms with Crippen LogP contribution in [0.4, 0.5) is 0 Å². The minimum atomic E-state index is -1.92. The summed E-state index contributed by atoms with van der Waals surface area (Å²) in [6.07, 6.45) is 1.05. The van der Waals surface area contributed by atoms with Gasteiger partial charge in [-0.25, -0.2) is 0 Å². The zero-order valence-electron chi connectivity index (χ0n) is 9.81. The first-order valence-electron chi connectivity index (χ1n) is 5.51. The molecule has 0 saturated carbocycles. The van der Waals surface area contributed by atoms with Gasteiger partial charge in [-0.05, 0) is 6.42 Å². The summed E-state index contributed by atoms with van der Waals surface area (Å²) in [6.45, 7) is 2.10. The van der Waals surface area contributed by atoms with Gasteiger partial charge in [0.05, 0.1) is 0 Å². The molecule has 0 fully saturated rings. The van der Waals surface area contributed by atoms with Crippen molar-refractivity contribution >= 4 is 27.9 Å². The summed E-state index contributed by atoms with van der Waals surface area (Å²) in [4.78, 5) is 0. The first kappa shape index (κ1) is 14.4. The Morgan fingerprint density at radius 3 is 2.39 bits per heavy atom. The predicted octanol–water partition coefficient (Wildman–Crippen LogP) is 5.43. The van der Waals surface area contributed by atoms with Gasteiger partial charge in [0.1, 0.15) is 0 Å². The second-order valence-corrected chi connectivity index (χ2v) is 11.8. The third-order valence-electron chi connectivity index (χ3n) is 2.85. The van der Waals surface area contributed by atoms with Gasteiger partial charge in [0, 0.05) is 0 Å².